The fourth-order valence-corrected chi connectivity index (χ4v) is 5.78. The summed E-state index contributed by atoms with van der Waals surface area (Å²) in [5.41, 5.74) is 3.19. The molecule has 0 fully saturated rings. The summed E-state index contributed by atoms with van der Waals surface area (Å²) in [5.74, 6) is 0.711. The van der Waals surface area contributed by atoms with Gasteiger partial charge in [-0.2, -0.15) is 0 Å². The molecule has 0 bridgehead atoms. The first-order valence-electron chi connectivity index (χ1n) is 13.0. The highest BCUT2D eigenvalue weighted by molar-refractivity contribution is 7.99. The van der Waals surface area contributed by atoms with Crippen molar-refractivity contribution >= 4 is 40.0 Å². The average molecular weight is 577 g/mol. The molecule has 0 spiro atoms. The second-order valence-corrected chi connectivity index (χ2v) is 10.6. The molecular formula is C30H32N4O4S2. The molecule has 1 atom stereocenters. The van der Waals surface area contributed by atoms with Gasteiger partial charge < -0.3 is 14.8 Å². The predicted molar refractivity (Wildman–Crippen MR) is 160 cm³/mol. The Morgan fingerprint density at radius 3 is 2.55 bits per heavy atom. The summed E-state index contributed by atoms with van der Waals surface area (Å²) in [5, 5.41) is 14.4. The van der Waals surface area contributed by atoms with E-state index in [1.165, 1.54) is 28.7 Å². The van der Waals surface area contributed by atoms with Crippen LogP contribution in [0.2, 0.25) is 0 Å². The minimum atomic E-state index is -0.473. The lowest BCUT2D eigenvalue weighted by Gasteiger charge is -2.16. The Labute approximate surface area is 242 Å². The van der Waals surface area contributed by atoms with Gasteiger partial charge in [0.25, 0.3) is 0 Å². The highest BCUT2D eigenvalue weighted by Crippen LogP contribution is 2.36. The van der Waals surface area contributed by atoms with Gasteiger partial charge in [0.2, 0.25) is 5.91 Å². The number of benzene rings is 2. The number of ether oxygens (including phenoxy) is 2. The summed E-state index contributed by atoms with van der Waals surface area (Å²) >= 11 is 2.55. The van der Waals surface area contributed by atoms with Crippen LogP contribution in [0.1, 0.15) is 48.6 Å². The van der Waals surface area contributed by atoms with Gasteiger partial charge in [-0.3, -0.25) is 9.36 Å². The zero-order chi connectivity index (χ0) is 28.5. The van der Waals surface area contributed by atoms with E-state index in [4.69, 9.17) is 9.47 Å². The monoisotopic (exact) mass is 576 g/mol. The van der Waals surface area contributed by atoms with Crippen LogP contribution in [0, 0.1) is 0 Å². The zero-order valence-corrected chi connectivity index (χ0v) is 24.4. The van der Waals surface area contributed by atoms with E-state index in [2.05, 4.69) is 29.0 Å². The van der Waals surface area contributed by atoms with Crippen LogP contribution in [0.4, 0.5) is 5.00 Å². The third-order valence-electron chi connectivity index (χ3n) is 6.01. The highest BCUT2D eigenvalue weighted by Gasteiger charge is 2.24. The van der Waals surface area contributed by atoms with Gasteiger partial charge in [-0.25, -0.2) is 4.79 Å². The van der Waals surface area contributed by atoms with Crippen LogP contribution < -0.4 is 10.1 Å². The molecule has 1 N–H and O–H groups in total. The van der Waals surface area contributed by atoms with Crippen molar-refractivity contribution in [1.29, 1.82) is 0 Å². The summed E-state index contributed by atoms with van der Waals surface area (Å²) in [6.45, 7) is 10.3. The highest BCUT2D eigenvalue weighted by atomic mass is 32.2. The molecule has 0 radical (unpaired) electrons. The summed E-state index contributed by atoms with van der Waals surface area (Å²) in [6.07, 6.45) is 2.35. The van der Waals surface area contributed by atoms with E-state index >= 15 is 0 Å². The Balaban J connectivity index is 1.46. The number of amides is 1. The molecule has 1 amide bonds. The van der Waals surface area contributed by atoms with E-state index in [0.29, 0.717) is 28.1 Å². The maximum absolute atomic E-state index is 13.0. The van der Waals surface area contributed by atoms with Crippen LogP contribution in [0.15, 0.2) is 77.8 Å². The quantitative estimate of drug-likeness (QED) is 0.106. The van der Waals surface area contributed by atoms with Gasteiger partial charge >= 0.3 is 5.97 Å². The first-order valence-corrected chi connectivity index (χ1v) is 14.9. The number of rotatable bonds is 13. The van der Waals surface area contributed by atoms with Crippen molar-refractivity contribution in [3.05, 3.63) is 89.6 Å². The first-order chi connectivity index (χ1) is 19.4. The molecule has 0 saturated carbocycles. The maximum Gasteiger partial charge on any atom is 0.341 e. The standard InChI is InChI=1S/C30H32N4O4S2/c1-5-17-34-27(20(4)38-23-15-13-21(6-2)14-16-23)32-33-30(34)40-19-25(35)31-28-26(29(36)37-7-3)24(18-39-28)22-11-9-8-10-12-22/h5,8-16,18,20H,1,6-7,17,19H2,2-4H3,(H,31,35). The molecule has 0 saturated heterocycles. The first kappa shape index (κ1) is 29.1. The molecule has 0 aliphatic heterocycles. The molecule has 10 heteroatoms. The Bertz CT molecular complexity index is 1450. The van der Waals surface area contributed by atoms with Crippen LogP contribution in [0.25, 0.3) is 11.1 Å². The third-order valence-corrected chi connectivity index (χ3v) is 7.87. The van der Waals surface area contributed by atoms with E-state index in [-0.39, 0.29) is 24.4 Å². The summed E-state index contributed by atoms with van der Waals surface area (Å²) in [7, 11) is 0. The number of aromatic nitrogens is 3. The molecule has 2 aromatic carbocycles. The Hall–Kier alpha value is -3.89. The van der Waals surface area contributed by atoms with Crippen molar-refractivity contribution in [2.24, 2.45) is 0 Å². The number of thioether (sulfide) groups is 1. The Kier molecular flexibility index (Phi) is 10.2. The van der Waals surface area contributed by atoms with E-state index in [9.17, 15) is 9.59 Å². The Morgan fingerprint density at radius 2 is 1.88 bits per heavy atom. The summed E-state index contributed by atoms with van der Waals surface area (Å²) < 4.78 is 13.3. The normalized spacial score (nSPS) is 11.6. The number of anilines is 1. The van der Waals surface area contributed by atoms with Gasteiger partial charge in [0.05, 0.1) is 12.4 Å². The lowest BCUT2D eigenvalue weighted by atomic mass is 10.0. The molecule has 208 valence electrons. The second-order valence-electron chi connectivity index (χ2n) is 8.77. The van der Waals surface area contributed by atoms with Crippen molar-refractivity contribution in [1.82, 2.24) is 14.8 Å². The number of esters is 1. The Morgan fingerprint density at radius 1 is 1.12 bits per heavy atom. The van der Waals surface area contributed by atoms with Gasteiger partial charge in [0.1, 0.15) is 16.3 Å². The lowest BCUT2D eigenvalue weighted by molar-refractivity contribution is -0.113. The molecule has 8 nitrogen and oxygen atoms in total. The van der Waals surface area contributed by atoms with E-state index in [0.717, 1.165) is 23.3 Å². The number of thiophene rings is 1. The second kappa shape index (κ2) is 14.0. The lowest BCUT2D eigenvalue weighted by Crippen LogP contribution is -2.17. The average Bonchev–Trinajstić information content (AvgIpc) is 3.57. The van der Waals surface area contributed by atoms with Gasteiger partial charge in [0, 0.05) is 17.5 Å². The van der Waals surface area contributed by atoms with Crippen LogP contribution in [-0.2, 0) is 22.5 Å². The number of allylic oxidation sites excluding steroid dienone is 1. The van der Waals surface area contributed by atoms with Crippen molar-refractivity contribution in [3.8, 4) is 16.9 Å². The van der Waals surface area contributed by atoms with E-state index in [1.807, 2.05) is 71.5 Å². The maximum atomic E-state index is 13.0. The zero-order valence-electron chi connectivity index (χ0n) is 22.8. The van der Waals surface area contributed by atoms with E-state index in [1.54, 1.807) is 13.0 Å². The van der Waals surface area contributed by atoms with Crippen LogP contribution in [-0.4, -0.2) is 39.0 Å². The number of nitrogens with zero attached hydrogens (tertiary/aromatic N) is 3. The summed E-state index contributed by atoms with van der Waals surface area (Å²) in [4.78, 5) is 25.8. The van der Waals surface area contributed by atoms with Crippen molar-refractivity contribution in [2.45, 2.75) is 45.0 Å². The van der Waals surface area contributed by atoms with Crippen molar-refractivity contribution < 1.29 is 19.1 Å². The predicted octanol–water partition coefficient (Wildman–Crippen LogP) is 6.80. The molecule has 2 heterocycles. The number of carbonyl (C=O) groups excluding carboxylic acids is 2. The van der Waals surface area contributed by atoms with Crippen molar-refractivity contribution in [2.75, 3.05) is 17.7 Å². The topological polar surface area (TPSA) is 95.3 Å². The molecule has 1 unspecified atom stereocenters. The molecule has 0 aliphatic carbocycles. The van der Waals surface area contributed by atoms with Gasteiger partial charge in [-0.05, 0) is 43.5 Å². The largest absolute Gasteiger partial charge is 0.483 e. The SMILES string of the molecule is C=CCn1c(SCC(=O)Nc2scc(-c3ccccc3)c2C(=O)OCC)nnc1C(C)Oc1ccc(CC)cc1. The number of carbonyl (C=O) groups is 2. The number of aryl methyl sites for hydroxylation is 1. The molecule has 4 aromatic rings. The molecule has 0 aliphatic rings. The summed E-state index contributed by atoms with van der Waals surface area (Å²) in [6, 6.07) is 17.5. The minimum absolute atomic E-state index is 0.0732. The molecule has 40 heavy (non-hydrogen) atoms. The molecular weight excluding hydrogens is 544 g/mol. The van der Waals surface area contributed by atoms with Crippen molar-refractivity contribution in [3.63, 3.8) is 0 Å². The van der Waals surface area contributed by atoms with Gasteiger partial charge in [0.15, 0.2) is 17.1 Å². The van der Waals surface area contributed by atoms with Crippen LogP contribution in [0.3, 0.4) is 0 Å². The fraction of sp³-hybridized carbons (Fsp3) is 0.267. The number of hydrogen-bond donors (Lipinski definition) is 1. The number of nitrogens with one attached hydrogen (secondary N) is 1. The van der Waals surface area contributed by atoms with E-state index < -0.39 is 5.97 Å². The third kappa shape index (κ3) is 7.00. The number of hydrogen-bond acceptors (Lipinski definition) is 8. The van der Waals surface area contributed by atoms with Gasteiger partial charge in [-0.1, -0.05) is 67.2 Å². The van der Waals surface area contributed by atoms with Gasteiger partial charge in [-0.15, -0.1) is 28.1 Å². The van der Waals surface area contributed by atoms with Crippen LogP contribution in [0.5, 0.6) is 5.75 Å². The van der Waals surface area contributed by atoms with Crippen LogP contribution >= 0.6 is 23.1 Å². The molecule has 4 rings (SSSR count). The minimum Gasteiger partial charge on any atom is -0.483 e. The fourth-order valence-electron chi connectivity index (χ4n) is 4.05. The molecule has 2 aromatic heterocycles. The smallest absolute Gasteiger partial charge is 0.341 e.